The van der Waals surface area contributed by atoms with Crippen LogP contribution in [0.5, 0.6) is 5.75 Å². The smallest absolute Gasteiger partial charge is 0.387 e. The minimum Gasteiger partial charge on any atom is -0.435 e. The van der Waals surface area contributed by atoms with Gasteiger partial charge in [-0.15, -0.1) is 5.12 Å². The number of nitrogens with zero attached hydrogens (tertiary/aromatic N) is 5. The Hall–Kier alpha value is -4.16. The fourth-order valence-corrected chi connectivity index (χ4v) is 4.61. The number of nitrogens with two attached hydrogens (primary N) is 1. The summed E-state index contributed by atoms with van der Waals surface area (Å²) in [6.07, 6.45) is 3.86. The van der Waals surface area contributed by atoms with E-state index < -0.39 is 30.4 Å². The van der Waals surface area contributed by atoms with Crippen LogP contribution in [0, 0.1) is 5.92 Å². The van der Waals surface area contributed by atoms with E-state index in [1.165, 1.54) is 40.2 Å². The standard InChI is InChI=1S/C22H19F3N6O4/c23-22(24)35-13-3-1-2-12(8-13)31(25)21(34)16-7-11-6-15(11)30(16)18(32)10-29-17-9-27-5-4-14(17)19(28-29)20(26)33/h1-5,8-9,11,15-16,22H,6-7,10H2,(H2,26,33)/t11-,15-,16+/m1/s1. The molecule has 3 aromatic rings. The largest absolute Gasteiger partial charge is 0.435 e. The third-order valence-corrected chi connectivity index (χ3v) is 6.21. The number of anilines is 1. The normalized spacial score (nSPS) is 20.7. The van der Waals surface area contributed by atoms with E-state index in [9.17, 15) is 23.2 Å². The van der Waals surface area contributed by atoms with Gasteiger partial charge in [0.25, 0.3) is 11.8 Å². The Kier molecular flexibility index (Phi) is 5.53. The number of halogens is 3. The van der Waals surface area contributed by atoms with Gasteiger partial charge in [-0.05, 0) is 37.0 Å². The molecular formula is C22H19F3N6O4. The summed E-state index contributed by atoms with van der Waals surface area (Å²) in [5.41, 5.74) is 5.48. The molecule has 2 N–H and O–H groups in total. The van der Waals surface area contributed by atoms with E-state index in [2.05, 4.69) is 14.8 Å². The second-order valence-corrected chi connectivity index (χ2v) is 8.37. The van der Waals surface area contributed by atoms with Gasteiger partial charge in [-0.1, -0.05) is 10.5 Å². The zero-order valence-electron chi connectivity index (χ0n) is 18.1. The molecule has 1 saturated heterocycles. The third kappa shape index (κ3) is 4.13. The minimum absolute atomic E-state index is 0.0191. The molecule has 3 amide bonds. The number of piperidine rings is 1. The molecule has 2 aliphatic rings. The van der Waals surface area contributed by atoms with Gasteiger partial charge in [0.05, 0.1) is 17.4 Å². The lowest BCUT2D eigenvalue weighted by Crippen LogP contribution is -2.48. The lowest BCUT2D eigenvalue weighted by molar-refractivity contribution is -0.140. The molecule has 3 heterocycles. The van der Waals surface area contributed by atoms with Crippen molar-refractivity contribution < 1.29 is 32.4 Å². The lowest BCUT2D eigenvalue weighted by atomic mass is 10.1. The number of amides is 3. The molecule has 0 radical (unpaired) electrons. The maximum atomic E-state index is 15.0. The Labute approximate surface area is 196 Å². The van der Waals surface area contributed by atoms with Crippen molar-refractivity contribution in [2.75, 3.05) is 5.12 Å². The van der Waals surface area contributed by atoms with Crippen LogP contribution in [-0.2, 0) is 16.1 Å². The number of aromatic nitrogens is 3. The average Bonchev–Trinajstić information content (AvgIpc) is 3.33. The van der Waals surface area contributed by atoms with Crippen LogP contribution in [-0.4, -0.2) is 56.1 Å². The fraction of sp³-hybridized carbons (Fsp3) is 0.318. The highest BCUT2D eigenvalue weighted by atomic mass is 19.3. The number of alkyl halides is 2. The molecule has 1 aliphatic heterocycles. The molecule has 2 aromatic heterocycles. The van der Waals surface area contributed by atoms with E-state index in [0.29, 0.717) is 17.3 Å². The van der Waals surface area contributed by atoms with Gasteiger partial charge >= 0.3 is 6.61 Å². The Morgan fingerprint density at radius 2 is 2.03 bits per heavy atom. The topological polar surface area (TPSA) is 124 Å². The van der Waals surface area contributed by atoms with Gasteiger partial charge in [-0.25, -0.2) is 0 Å². The highest BCUT2D eigenvalue weighted by molar-refractivity contribution is 6.04. The molecule has 1 aromatic carbocycles. The summed E-state index contributed by atoms with van der Waals surface area (Å²) < 4.78 is 45.6. The molecule has 0 spiro atoms. The molecule has 1 saturated carbocycles. The molecule has 0 unspecified atom stereocenters. The molecular weight excluding hydrogens is 469 g/mol. The summed E-state index contributed by atoms with van der Waals surface area (Å²) in [6.45, 7) is -3.42. The number of likely N-dealkylation sites (tertiary alicyclic amines) is 1. The van der Waals surface area contributed by atoms with Crippen molar-refractivity contribution in [3.63, 3.8) is 0 Å². The van der Waals surface area contributed by atoms with Gasteiger partial charge < -0.3 is 15.4 Å². The molecule has 0 bridgehead atoms. The van der Waals surface area contributed by atoms with Crippen LogP contribution in [0.15, 0.2) is 42.7 Å². The number of ether oxygens (including phenoxy) is 1. The summed E-state index contributed by atoms with van der Waals surface area (Å²) in [5, 5.41) is 4.40. The van der Waals surface area contributed by atoms with Gasteiger partial charge in [0.2, 0.25) is 5.91 Å². The molecule has 35 heavy (non-hydrogen) atoms. The molecule has 182 valence electrons. The number of pyridine rings is 1. The first-order chi connectivity index (χ1) is 16.7. The number of carbonyl (C=O) groups excluding carboxylic acids is 3. The van der Waals surface area contributed by atoms with E-state index in [1.807, 2.05) is 0 Å². The van der Waals surface area contributed by atoms with E-state index in [0.717, 1.165) is 6.07 Å². The first-order valence-corrected chi connectivity index (χ1v) is 10.7. The number of benzene rings is 1. The summed E-state index contributed by atoms with van der Waals surface area (Å²) in [7, 11) is 0. The zero-order chi connectivity index (χ0) is 24.9. The van der Waals surface area contributed by atoms with E-state index in [1.54, 1.807) is 6.07 Å². The second-order valence-electron chi connectivity index (χ2n) is 8.37. The van der Waals surface area contributed by atoms with Crippen LogP contribution < -0.4 is 15.6 Å². The van der Waals surface area contributed by atoms with Crippen molar-refractivity contribution in [3.05, 3.63) is 48.4 Å². The average molecular weight is 488 g/mol. The van der Waals surface area contributed by atoms with Crippen LogP contribution in [0.4, 0.5) is 18.9 Å². The second kappa shape index (κ2) is 8.56. The summed E-state index contributed by atoms with van der Waals surface area (Å²) in [4.78, 5) is 43.3. The van der Waals surface area contributed by atoms with Crippen molar-refractivity contribution >= 4 is 34.3 Å². The number of fused-ring (bicyclic) bond motifs is 2. The highest BCUT2D eigenvalue weighted by Gasteiger charge is 2.57. The lowest BCUT2D eigenvalue weighted by Gasteiger charge is -2.28. The van der Waals surface area contributed by atoms with E-state index in [4.69, 9.17) is 5.73 Å². The summed E-state index contributed by atoms with van der Waals surface area (Å²) >= 11 is 0. The Morgan fingerprint density at radius 3 is 2.77 bits per heavy atom. The third-order valence-electron chi connectivity index (χ3n) is 6.21. The number of primary amides is 1. The monoisotopic (exact) mass is 488 g/mol. The van der Waals surface area contributed by atoms with Crippen molar-refractivity contribution in [1.82, 2.24) is 19.7 Å². The SMILES string of the molecule is NC(=O)c1nn(CC(=O)N2[C@@H]3C[C@@H]3C[C@H]2C(=O)N(F)c2cccc(OC(F)F)c2)c2cnccc12. The summed E-state index contributed by atoms with van der Waals surface area (Å²) in [5.74, 6) is -2.49. The quantitative estimate of drug-likeness (QED) is 0.508. The molecule has 10 nitrogen and oxygen atoms in total. The molecule has 2 fully saturated rings. The molecule has 1 aliphatic carbocycles. The van der Waals surface area contributed by atoms with Gasteiger partial charge in [0.1, 0.15) is 18.3 Å². The van der Waals surface area contributed by atoms with Crippen LogP contribution >= 0.6 is 0 Å². The van der Waals surface area contributed by atoms with Crippen molar-refractivity contribution in [2.24, 2.45) is 11.7 Å². The fourth-order valence-electron chi connectivity index (χ4n) is 4.61. The Morgan fingerprint density at radius 1 is 1.23 bits per heavy atom. The van der Waals surface area contributed by atoms with Gasteiger partial charge in [-0.2, -0.15) is 13.9 Å². The number of carbonyl (C=O) groups is 3. The van der Waals surface area contributed by atoms with Crippen LogP contribution in [0.25, 0.3) is 10.9 Å². The first-order valence-electron chi connectivity index (χ1n) is 10.7. The van der Waals surface area contributed by atoms with Crippen molar-refractivity contribution in [3.8, 4) is 5.75 Å². The minimum atomic E-state index is -3.10. The Balaban J connectivity index is 1.37. The predicted octanol–water partition coefficient (Wildman–Crippen LogP) is 2.04. The zero-order valence-corrected chi connectivity index (χ0v) is 18.1. The van der Waals surface area contributed by atoms with Crippen LogP contribution in [0.1, 0.15) is 23.3 Å². The molecule has 3 atom stereocenters. The Bertz CT molecular complexity index is 1330. The van der Waals surface area contributed by atoms with Crippen molar-refractivity contribution in [2.45, 2.75) is 38.1 Å². The number of hydrogen-bond acceptors (Lipinski definition) is 6. The maximum Gasteiger partial charge on any atom is 0.387 e. The van der Waals surface area contributed by atoms with Crippen LogP contribution in [0.2, 0.25) is 0 Å². The van der Waals surface area contributed by atoms with Gasteiger partial charge in [0.15, 0.2) is 5.69 Å². The van der Waals surface area contributed by atoms with Gasteiger partial charge in [-0.3, -0.25) is 24.0 Å². The molecule has 5 rings (SSSR count). The first kappa shape index (κ1) is 22.6. The number of hydrogen-bond donors (Lipinski definition) is 1. The molecule has 13 heteroatoms. The predicted molar refractivity (Wildman–Crippen MR) is 115 cm³/mol. The van der Waals surface area contributed by atoms with Crippen LogP contribution in [0.3, 0.4) is 0 Å². The van der Waals surface area contributed by atoms with E-state index in [-0.39, 0.29) is 47.2 Å². The van der Waals surface area contributed by atoms with Gasteiger partial charge in [0, 0.05) is 23.7 Å². The highest BCUT2D eigenvalue weighted by Crippen LogP contribution is 2.48. The summed E-state index contributed by atoms with van der Waals surface area (Å²) in [6, 6.07) is 4.94. The van der Waals surface area contributed by atoms with E-state index >= 15 is 4.48 Å². The van der Waals surface area contributed by atoms with Crippen molar-refractivity contribution in [1.29, 1.82) is 0 Å². The number of rotatable bonds is 7. The maximum absolute atomic E-state index is 15.0.